The van der Waals surface area contributed by atoms with Gasteiger partial charge in [-0.1, -0.05) is 26.6 Å². The maximum Gasteiger partial charge on any atom is 0.173 e. The summed E-state index contributed by atoms with van der Waals surface area (Å²) in [5.41, 5.74) is 1.27. The number of aliphatic hydroxyl groups is 2. The third-order valence-corrected chi connectivity index (χ3v) is 18.3. The predicted molar refractivity (Wildman–Crippen MR) is 98.1 cm³/mol. The van der Waals surface area contributed by atoms with Crippen LogP contribution in [0.1, 0.15) is 20.3 Å². The van der Waals surface area contributed by atoms with E-state index in [1.807, 2.05) is 0 Å². The number of hydrogen-bond donors (Lipinski definition) is 2. The second-order valence-corrected chi connectivity index (χ2v) is 22.2. The molecule has 0 saturated carbocycles. The van der Waals surface area contributed by atoms with Gasteiger partial charge < -0.3 is 14.3 Å². The van der Waals surface area contributed by atoms with Crippen molar-refractivity contribution in [2.45, 2.75) is 77.3 Å². The van der Waals surface area contributed by atoms with Crippen molar-refractivity contribution in [3.05, 3.63) is 0 Å². The van der Waals surface area contributed by atoms with Crippen molar-refractivity contribution in [2.24, 2.45) is 0 Å². The molecule has 20 heavy (non-hydrogen) atoms. The molecule has 0 bridgehead atoms. The lowest BCUT2D eigenvalue weighted by molar-refractivity contribution is 0.292. The van der Waals surface area contributed by atoms with Crippen molar-refractivity contribution >= 4 is 24.7 Å². The van der Waals surface area contributed by atoms with E-state index in [1.165, 1.54) is 11.7 Å². The van der Waals surface area contributed by atoms with Gasteiger partial charge in [0, 0.05) is 21.3 Å². The van der Waals surface area contributed by atoms with Gasteiger partial charge in [0.1, 0.15) is 0 Å². The van der Waals surface area contributed by atoms with Crippen LogP contribution >= 0.6 is 0 Å². The monoisotopic (exact) mass is 338 g/mol. The molecule has 0 atom stereocenters. The predicted octanol–water partition coefficient (Wildman–Crippen LogP) is 4.06. The number of rotatable bonds is 10. The Morgan fingerprint density at radius 1 is 0.750 bits per heavy atom. The molecular formula is C14H38O3Si3. The van der Waals surface area contributed by atoms with Crippen LogP contribution in [-0.2, 0) is 4.12 Å². The van der Waals surface area contributed by atoms with Gasteiger partial charge in [0.15, 0.2) is 16.6 Å². The van der Waals surface area contributed by atoms with E-state index in [-0.39, 0.29) is 14.0 Å². The fourth-order valence-electron chi connectivity index (χ4n) is 3.14. The second kappa shape index (κ2) is 9.53. The Morgan fingerprint density at radius 2 is 1.20 bits per heavy atom. The normalized spacial score (nSPS) is 13.2. The summed E-state index contributed by atoms with van der Waals surface area (Å²) in [4.78, 5) is 0. The van der Waals surface area contributed by atoms with Crippen molar-refractivity contribution in [1.82, 2.24) is 0 Å². The standard InChI is InChI=1S/C13H34O3Si3.CH4/c1-17(2,11-7-9-14)13-19(5,6)16-18(3,4)12-8-10-15;/h14-15H,7-13H2,1-6H3;1H4. The van der Waals surface area contributed by atoms with Crippen LogP contribution in [-0.4, -0.2) is 48.1 Å². The third kappa shape index (κ3) is 11.2. The molecule has 0 aliphatic carbocycles. The Balaban J connectivity index is 0. The quantitative estimate of drug-likeness (QED) is 0.591. The average Bonchev–Trinajstić information content (AvgIpc) is 2.20. The Bertz CT molecular complexity index is 232. The zero-order valence-corrected chi connectivity index (χ0v) is 16.8. The molecular weight excluding hydrogens is 300 g/mol. The molecule has 2 N–H and O–H groups in total. The SMILES string of the molecule is C.C[Si](C)(CCCO)C[Si](C)(C)O[Si](C)(C)CCCO. The molecule has 0 rings (SSSR count). The number of aliphatic hydroxyl groups excluding tert-OH is 2. The number of hydrogen-bond acceptors (Lipinski definition) is 3. The van der Waals surface area contributed by atoms with E-state index in [0.717, 1.165) is 18.9 Å². The smallest absolute Gasteiger partial charge is 0.173 e. The average molecular weight is 339 g/mol. The molecule has 6 heteroatoms. The minimum absolute atomic E-state index is 0. The maximum atomic E-state index is 9.00. The molecule has 0 heterocycles. The molecule has 3 nitrogen and oxygen atoms in total. The van der Waals surface area contributed by atoms with E-state index in [9.17, 15) is 0 Å². The minimum Gasteiger partial charge on any atom is -0.456 e. The Morgan fingerprint density at radius 3 is 1.65 bits per heavy atom. The Hall–Kier alpha value is 0.531. The van der Waals surface area contributed by atoms with E-state index in [1.54, 1.807) is 0 Å². The summed E-state index contributed by atoms with van der Waals surface area (Å²) in [5.74, 6) is 0. The largest absolute Gasteiger partial charge is 0.456 e. The summed E-state index contributed by atoms with van der Waals surface area (Å²) in [6.45, 7) is 14.7. The molecule has 0 aromatic heterocycles. The molecule has 0 aliphatic heterocycles. The molecule has 0 aromatic carbocycles. The molecule has 0 radical (unpaired) electrons. The first-order valence-electron chi connectivity index (χ1n) is 7.45. The van der Waals surface area contributed by atoms with Crippen molar-refractivity contribution in [3.63, 3.8) is 0 Å². The zero-order valence-electron chi connectivity index (χ0n) is 13.8. The van der Waals surface area contributed by atoms with Crippen LogP contribution in [0.5, 0.6) is 0 Å². The van der Waals surface area contributed by atoms with Gasteiger partial charge in [-0.25, -0.2) is 0 Å². The van der Waals surface area contributed by atoms with Gasteiger partial charge in [0.05, 0.1) is 0 Å². The molecule has 124 valence electrons. The van der Waals surface area contributed by atoms with E-state index in [2.05, 4.69) is 39.3 Å². The lowest BCUT2D eigenvalue weighted by Crippen LogP contribution is -2.49. The third-order valence-electron chi connectivity index (χ3n) is 3.41. The lowest BCUT2D eigenvalue weighted by Gasteiger charge is -2.38. The van der Waals surface area contributed by atoms with Crippen molar-refractivity contribution in [2.75, 3.05) is 13.2 Å². The van der Waals surface area contributed by atoms with E-state index < -0.39 is 24.7 Å². The molecule has 0 aliphatic rings. The molecule has 0 amide bonds. The highest BCUT2D eigenvalue weighted by atomic mass is 28.4. The van der Waals surface area contributed by atoms with Crippen molar-refractivity contribution < 1.29 is 14.3 Å². The first kappa shape index (κ1) is 22.8. The van der Waals surface area contributed by atoms with Gasteiger partial charge in [-0.3, -0.25) is 0 Å². The minimum atomic E-state index is -1.62. The summed E-state index contributed by atoms with van der Waals surface area (Å²) in [6.07, 6.45) is 1.81. The van der Waals surface area contributed by atoms with Gasteiger partial charge in [-0.15, -0.1) is 0 Å². The maximum absolute atomic E-state index is 9.00. The highest BCUT2D eigenvalue weighted by Crippen LogP contribution is 2.29. The second-order valence-electron chi connectivity index (χ2n) is 7.62. The van der Waals surface area contributed by atoms with Crippen molar-refractivity contribution in [3.8, 4) is 0 Å². The zero-order chi connectivity index (χ0) is 15.2. The fraction of sp³-hybridized carbons (Fsp3) is 1.00. The van der Waals surface area contributed by atoms with Crippen LogP contribution in [0.3, 0.4) is 0 Å². The highest BCUT2D eigenvalue weighted by molar-refractivity contribution is 6.96. The molecule has 0 spiro atoms. The van der Waals surface area contributed by atoms with E-state index in [0.29, 0.717) is 6.61 Å². The molecule has 0 unspecified atom stereocenters. The van der Waals surface area contributed by atoms with Crippen LogP contribution in [0, 0.1) is 0 Å². The van der Waals surface area contributed by atoms with Gasteiger partial charge in [-0.05, 0) is 50.7 Å². The molecule has 0 aromatic rings. The molecule has 0 fully saturated rings. The Labute approximate surface area is 130 Å². The van der Waals surface area contributed by atoms with Crippen LogP contribution < -0.4 is 0 Å². The van der Waals surface area contributed by atoms with E-state index >= 15 is 0 Å². The van der Waals surface area contributed by atoms with Crippen molar-refractivity contribution in [1.29, 1.82) is 0 Å². The highest BCUT2D eigenvalue weighted by Gasteiger charge is 2.37. The summed E-state index contributed by atoms with van der Waals surface area (Å²) in [5, 5.41) is 18.0. The topological polar surface area (TPSA) is 49.7 Å². The van der Waals surface area contributed by atoms with Crippen LogP contribution in [0.25, 0.3) is 0 Å². The van der Waals surface area contributed by atoms with Crippen LogP contribution in [0.2, 0.25) is 57.0 Å². The van der Waals surface area contributed by atoms with Gasteiger partial charge in [-0.2, -0.15) is 0 Å². The fourth-order valence-corrected chi connectivity index (χ4v) is 22.5. The van der Waals surface area contributed by atoms with Gasteiger partial charge >= 0.3 is 0 Å². The van der Waals surface area contributed by atoms with Crippen LogP contribution in [0.4, 0.5) is 0 Å². The molecule has 0 saturated heterocycles. The van der Waals surface area contributed by atoms with Gasteiger partial charge in [0.2, 0.25) is 0 Å². The summed E-state index contributed by atoms with van der Waals surface area (Å²) >= 11 is 0. The summed E-state index contributed by atoms with van der Waals surface area (Å²) < 4.78 is 6.58. The first-order valence-corrected chi connectivity index (χ1v) is 17.1. The van der Waals surface area contributed by atoms with Crippen LogP contribution in [0.15, 0.2) is 0 Å². The summed E-state index contributed by atoms with van der Waals surface area (Å²) in [7, 11) is -4.47. The van der Waals surface area contributed by atoms with Gasteiger partial charge in [0.25, 0.3) is 0 Å². The lowest BCUT2D eigenvalue weighted by atomic mass is 10.5. The first-order chi connectivity index (χ1) is 8.54. The summed E-state index contributed by atoms with van der Waals surface area (Å²) in [6, 6.07) is 2.25. The van der Waals surface area contributed by atoms with E-state index in [4.69, 9.17) is 14.3 Å². The Kier molecular flexibility index (Phi) is 10.9.